The first-order valence-electron chi connectivity index (χ1n) is 4.15. The largest absolute Gasteiger partial charge is 0.459 e. The number of hydrogen-bond acceptors (Lipinski definition) is 3. The van der Waals surface area contributed by atoms with E-state index in [0.29, 0.717) is 18.9 Å². The van der Waals surface area contributed by atoms with E-state index in [0.717, 1.165) is 5.56 Å². The third kappa shape index (κ3) is 1.59. The van der Waals surface area contributed by atoms with Crippen molar-refractivity contribution in [3.05, 3.63) is 35.9 Å². The first kappa shape index (κ1) is 7.98. The Kier molecular flexibility index (Phi) is 2.08. The van der Waals surface area contributed by atoms with Gasteiger partial charge in [0.05, 0.1) is 6.54 Å². The van der Waals surface area contributed by atoms with Crippen LogP contribution >= 0.6 is 0 Å². The maximum absolute atomic E-state index is 11.2. The predicted molar refractivity (Wildman–Crippen MR) is 48.8 cm³/mol. The molecule has 3 heteroatoms. The number of esters is 1. The van der Waals surface area contributed by atoms with Crippen LogP contribution in [0.1, 0.15) is 5.56 Å². The molecule has 66 valence electrons. The zero-order valence-electron chi connectivity index (χ0n) is 7.06. The van der Waals surface area contributed by atoms with Gasteiger partial charge in [0, 0.05) is 5.56 Å². The van der Waals surface area contributed by atoms with E-state index in [1.807, 2.05) is 30.3 Å². The molecule has 0 aromatic heterocycles. The van der Waals surface area contributed by atoms with Gasteiger partial charge in [0.15, 0.2) is 5.71 Å². The topological polar surface area (TPSA) is 38.7 Å². The van der Waals surface area contributed by atoms with Crippen molar-refractivity contribution in [3.63, 3.8) is 0 Å². The number of benzene rings is 1. The average molecular weight is 175 g/mol. The lowest BCUT2D eigenvalue weighted by molar-refractivity contribution is -0.135. The highest BCUT2D eigenvalue weighted by Crippen LogP contribution is 2.05. The summed E-state index contributed by atoms with van der Waals surface area (Å²) in [6.07, 6.45) is 0. The molecule has 0 fully saturated rings. The number of carbonyl (C=O) groups is 1. The molecule has 1 heterocycles. The highest BCUT2D eigenvalue weighted by Gasteiger charge is 2.17. The zero-order valence-corrected chi connectivity index (χ0v) is 7.06. The van der Waals surface area contributed by atoms with Gasteiger partial charge in [0.25, 0.3) is 0 Å². The summed E-state index contributed by atoms with van der Waals surface area (Å²) >= 11 is 0. The van der Waals surface area contributed by atoms with Crippen molar-refractivity contribution < 1.29 is 9.53 Å². The molecule has 2 rings (SSSR count). The maximum atomic E-state index is 11.2. The highest BCUT2D eigenvalue weighted by atomic mass is 16.5. The molecule has 3 nitrogen and oxygen atoms in total. The molecular formula is C10H9NO2. The van der Waals surface area contributed by atoms with E-state index >= 15 is 0 Å². The molecule has 1 aromatic carbocycles. The van der Waals surface area contributed by atoms with Crippen LogP contribution in [0.3, 0.4) is 0 Å². The van der Waals surface area contributed by atoms with E-state index in [1.54, 1.807) is 0 Å². The number of ether oxygens (including phenoxy) is 1. The second kappa shape index (κ2) is 3.39. The van der Waals surface area contributed by atoms with E-state index in [-0.39, 0.29) is 5.97 Å². The molecule has 13 heavy (non-hydrogen) atoms. The van der Waals surface area contributed by atoms with Crippen LogP contribution in [0.15, 0.2) is 35.3 Å². The standard InChI is InChI=1S/C10H9NO2/c12-10-9(11-6-7-13-10)8-4-2-1-3-5-8/h1-5H,6-7H2. The van der Waals surface area contributed by atoms with Crippen molar-refractivity contribution in [1.29, 1.82) is 0 Å². The number of rotatable bonds is 1. The van der Waals surface area contributed by atoms with Gasteiger partial charge in [-0.25, -0.2) is 4.79 Å². The first-order chi connectivity index (χ1) is 6.38. The molecule has 0 radical (unpaired) electrons. The Hall–Kier alpha value is -1.64. The average Bonchev–Trinajstić information content (AvgIpc) is 2.20. The number of nitrogens with zero attached hydrogens (tertiary/aromatic N) is 1. The smallest absolute Gasteiger partial charge is 0.357 e. The van der Waals surface area contributed by atoms with Gasteiger partial charge in [0.2, 0.25) is 0 Å². The molecule has 0 saturated heterocycles. The summed E-state index contributed by atoms with van der Waals surface area (Å²) in [7, 11) is 0. The number of carbonyl (C=O) groups excluding carboxylic acids is 1. The second-order valence-electron chi connectivity index (χ2n) is 2.73. The second-order valence-corrected chi connectivity index (χ2v) is 2.73. The van der Waals surface area contributed by atoms with Crippen molar-refractivity contribution >= 4 is 11.7 Å². The van der Waals surface area contributed by atoms with Crippen LogP contribution in [0.2, 0.25) is 0 Å². The summed E-state index contributed by atoms with van der Waals surface area (Å²) in [4.78, 5) is 15.4. The van der Waals surface area contributed by atoms with Crippen LogP contribution in [-0.2, 0) is 9.53 Å². The molecule has 0 unspecified atom stereocenters. The molecule has 0 bridgehead atoms. The molecule has 0 N–H and O–H groups in total. The fourth-order valence-corrected chi connectivity index (χ4v) is 1.23. The van der Waals surface area contributed by atoms with Gasteiger partial charge < -0.3 is 4.74 Å². The van der Waals surface area contributed by atoms with E-state index < -0.39 is 0 Å². The van der Waals surface area contributed by atoms with Crippen molar-refractivity contribution in [2.75, 3.05) is 13.2 Å². The molecule has 1 aliphatic rings. The molecule has 1 aromatic rings. The van der Waals surface area contributed by atoms with E-state index in [1.165, 1.54) is 0 Å². The SMILES string of the molecule is O=C1OCCN=C1c1ccccc1. The Morgan fingerprint density at radius 1 is 1.23 bits per heavy atom. The summed E-state index contributed by atoms with van der Waals surface area (Å²) in [5.74, 6) is -0.322. The highest BCUT2D eigenvalue weighted by molar-refractivity contribution is 6.43. The number of cyclic esters (lactones) is 1. The van der Waals surface area contributed by atoms with Crippen molar-refractivity contribution in [2.45, 2.75) is 0 Å². The molecular weight excluding hydrogens is 166 g/mol. The van der Waals surface area contributed by atoms with Gasteiger partial charge in [-0.3, -0.25) is 4.99 Å². The van der Waals surface area contributed by atoms with Crippen molar-refractivity contribution in [1.82, 2.24) is 0 Å². The lowest BCUT2D eigenvalue weighted by Crippen LogP contribution is -2.25. The molecule has 0 saturated carbocycles. The van der Waals surface area contributed by atoms with Crippen LogP contribution in [0.25, 0.3) is 0 Å². The van der Waals surface area contributed by atoms with E-state index in [4.69, 9.17) is 4.74 Å². The lowest BCUT2D eigenvalue weighted by Gasteiger charge is -2.11. The fourth-order valence-electron chi connectivity index (χ4n) is 1.23. The predicted octanol–water partition coefficient (Wildman–Crippen LogP) is 1.03. The Bertz CT molecular complexity index is 343. The van der Waals surface area contributed by atoms with Crippen LogP contribution in [0.5, 0.6) is 0 Å². The minimum Gasteiger partial charge on any atom is -0.459 e. The molecule has 0 spiro atoms. The summed E-state index contributed by atoms with van der Waals surface area (Å²) < 4.78 is 4.88. The quantitative estimate of drug-likeness (QED) is 0.598. The van der Waals surface area contributed by atoms with Gasteiger partial charge in [-0.2, -0.15) is 0 Å². The van der Waals surface area contributed by atoms with E-state index in [9.17, 15) is 4.79 Å². The minimum absolute atomic E-state index is 0.322. The van der Waals surface area contributed by atoms with Crippen LogP contribution < -0.4 is 0 Å². The summed E-state index contributed by atoms with van der Waals surface area (Å²) in [6, 6.07) is 9.36. The monoisotopic (exact) mass is 175 g/mol. The Balaban J connectivity index is 2.35. The Morgan fingerprint density at radius 3 is 2.69 bits per heavy atom. The molecule has 0 aliphatic carbocycles. The van der Waals surface area contributed by atoms with Gasteiger partial charge in [0.1, 0.15) is 6.61 Å². The number of aliphatic imine (C=N–C) groups is 1. The minimum atomic E-state index is -0.322. The fraction of sp³-hybridized carbons (Fsp3) is 0.200. The lowest BCUT2D eigenvalue weighted by atomic mass is 10.1. The summed E-state index contributed by atoms with van der Waals surface area (Å²) in [5.41, 5.74) is 1.26. The third-order valence-corrected chi connectivity index (χ3v) is 1.83. The van der Waals surface area contributed by atoms with Gasteiger partial charge in [-0.05, 0) is 0 Å². The van der Waals surface area contributed by atoms with Gasteiger partial charge in [-0.15, -0.1) is 0 Å². The zero-order chi connectivity index (χ0) is 9.10. The molecule has 0 amide bonds. The van der Waals surface area contributed by atoms with Gasteiger partial charge in [-0.1, -0.05) is 30.3 Å². The Morgan fingerprint density at radius 2 is 2.00 bits per heavy atom. The summed E-state index contributed by atoms with van der Waals surface area (Å²) in [6.45, 7) is 0.963. The van der Waals surface area contributed by atoms with Gasteiger partial charge >= 0.3 is 5.97 Å². The van der Waals surface area contributed by atoms with Crippen LogP contribution in [-0.4, -0.2) is 24.8 Å². The Labute approximate surface area is 76.1 Å². The maximum Gasteiger partial charge on any atom is 0.357 e. The third-order valence-electron chi connectivity index (χ3n) is 1.83. The van der Waals surface area contributed by atoms with Crippen molar-refractivity contribution in [3.8, 4) is 0 Å². The number of hydrogen-bond donors (Lipinski definition) is 0. The first-order valence-corrected chi connectivity index (χ1v) is 4.15. The van der Waals surface area contributed by atoms with Crippen molar-refractivity contribution in [2.24, 2.45) is 4.99 Å². The van der Waals surface area contributed by atoms with Crippen LogP contribution in [0, 0.1) is 0 Å². The van der Waals surface area contributed by atoms with Crippen LogP contribution in [0.4, 0.5) is 0 Å². The summed E-state index contributed by atoms with van der Waals surface area (Å²) in [5, 5.41) is 0. The molecule has 1 aliphatic heterocycles. The van der Waals surface area contributed by atoms with E-state index in [2.05, 4.69) is 4.99 Å². The molecule has 0 atom stereocenters. The normalized spacial score (nSPS) is 16.3.